The molecule has 0 unspecified atom stereocenters. The van der Waals surface area contributed by atoms with Crippen LogP contribution in [0, 0.1) is 11.3 Å². The van der Waals surface area contributed by atoms with Gasteiger partial charge in [0.2, 0.25) is 0 Å². The van der Waals surface area contributed by atoms with Crippen LogP contribution in [0.15, 0.2) is 23.8 Å². The van der Waals surface area contributed by atoms with Crippen molar-refractivity contribution in [3.05, 3.63) is 23.8 Å². The lowest BCUT2D eigenvalue weighted by molar-refractivity contribution is 0.0263. The Morgan fingerprint density at radius 1 is 1.38 bits per heavy atom. The highest BCUT2D eigenvalue weighted by molar-refractivity contribution is 5.31. The normalized spacial score (nSPS) is 43.5. The van der Waals surface area contributed by atoms with Gasteiger partial charge in [-0.1, -0.05) is 25.2 Å². The van der Waals surface area contributed by atoms with E-state index >= 15 is 0 Å². The van der Waals surface area contributed by atoms with Crippen molar-refractivity contribution >= 4 is 0 Å². The van der Waals surface area contributed by atoms with Crippen LogP contribution in [0.25, 0.3) is 0 Å². The number of aliphatic hydroxyl groups is 1. The summed E-state index contributed by atoms with van der Waals surface area (Å²) in [4.78, 5) is 0. The van der Waals surface area contributed by atoms with E-state index in [2.05, 4.69) is 26.5 Å². The molecule has 1 fully saturated rings. The summed E-state index contributed by atoms with van der Waals surface area (Å²) < 4.78 is 0. The molecule has 0 spiro atoms. The first-order valence-electron chi connectivity index (χ1n) is 6.46. The predicted octanol–water partition coefficient (Wildman–Crippen LogP) is 3.84. The zero-order valence-electron chi connectivity index (χ0n) is 10.8. The van der Waals surface area contributed by atoms with Gasteiger partial charge in [-0.25, -0.2) is 0 Å². The first-order valence-corrected chi connectivity index (χ1v) is 6.46. The molecule has 2 aliphatic carbocycles. The van der Waals surface area contributed by atoms with Crippen LogP contribution in [0.2, 0.25) is 0 Å². The molecule has 1 heteroatoms. The zero-order chi connectivity index (χ0) is 12.0. The molecule has 0 radical (unpaired) electrons. The minimum Gasteiger partial charge on any atom is -0.386 e. The van der Waals surface area contributed by atoms with Gasteiger partial charge in [-0.3, -0.25) is 0 Å². The first-order chi connectivity index (χ1) is 7.35. The molecule has 0 aromatic rings. The number of hydrogen-bond acceptors (Lipinski definition) is 1. The number of rotatable bonds is 1. The van der Waals surface area contributed by atoms with Gasteiger partial charge in [0.25, 0.3) is 0 Å². The van der Waals surface area contributed by atoms with Crippen LogP contribution in [0.4, 0.5) is 0 Å². The third-order valence-electron chi connectivity index (χ3n) is 4.63. The molecule has 0 aromatic heterocycles. The number of hydrogen-bond donors (Lipinski definition) is 1. The van der Waals surface area contributed by atoms with Crippen molar-refractivity contribution in [1.29, 1.82) is 0 Å². The summed E-state index contributed by atoms with van der Waals surface area (Å²) in [6.07, 6.45) is 8.01. The van der Waals surface area contributed by atoms with Crippen LogP contribution < -0.4 is 0 Å². The molecule has 90 valence electrons. The summed E-state index contributed by atoms with van der Waals surface area (Å²) in [5, 5.41) is 10.5. The molecule has 1 nitrogen and oxygen atoms in total. The summed E-state index contributed by atoms with van der Waals surface area (Å²) in [7, 11) is 0. The molecule has 0 heterocycles. The average molecular weight is 220 g/mol. The van der Waals surface area contributed by atoms with Crippen LogP contribution >= 0.6 is 0 Å². The van der Waals surface area contributed by atoms with Crippen LogP contribution in [0.3, 0.4) is 0 Å². The van der Waals surface area contributed by atoms with Gasteiger partial charge in [0.1, 0.15) is 0 Å². The molecule has 0 bridgehead atoms. The monoisotopic (exact) mass is 220 g/mol. The van der Waals surface area contributed by atoms with E-state index in [-0.39, 0.29) is 5.41 Å². The van der Waals surface area contributed by atoms with Crippen LogP contribution in [-0.2, 0) is 0 Å². The van der Waals surface area contributed by atoms with E-state index in [1.807, 2.05) is 6.92 Å². The lowest BCUT2D eigenvalue weighted by Crippen LogP contribution is -2.43. The van der Waals surface area contributed by atoms with Crippen molar-refractivity contribution < 1.29 is 5.11 Å². The smallest absolute Gasteiger partial charge is 0.0834 e. The molecule has 1 saturated carbocycles. The lowest BCUT2D eigenvalue weighted by atomic mass is 9.59. The third kappa shape index (κ3) is 1.86. The maximum atomic E-state index is 10.5. The van der Waals surface area contributed by atoms with Gasteiger partial charge in [0, 0.05) is 0 Å². The van der Waals surface area contributed by atoms with Gasteiger partial charge in [0.15, 0.2) is 0 Å². The highest BCUT2D eigenvalue weighted by atomic mass is 16.3. The van der Waals surface area contributed by atoms with Crippen LogP contribution in [0.1, 0.15) is 52.9 Å². The van der Waals surface area contributed by atoms with Crippen molar-refractivity contribution in [3.63, 3.8) is 0 Å². The van der Waals surface area contributed by atoms with E-state index in [1.54, 1.807) is 0 Å². The number of allylic oxidation sites excluding steroid dienone is 2. The molecule has 1 N–H and O–H groups in total. The molecule has 3 atom stereocenters. The Balaban J connectivity index is 2.38. The van der Waals surface area contributed by atoms with Crippen LogP contribution in [-0.4, -0.2) is 10.7 Å². The minimum atomic E-state index is -0.582. The van der Waals surface area contributed by atoms with E-state index in [1.165, 1.54) is 30.4 Å². The molecule has 0 amide bonds. The summed E-state index contributed by atoms with van der Waals surface area (Å²) in [6, 6.07) is 0. The zero-order valence-corrected chi connectivity index (χ0v) is 10.8. The molecule has 2 rings (SSSR count). The fraction of sp³-hybridized carbons (Fsp3) is 0.733. The predicted molar refractivity (Wildman–Crippen MR) is 68.2 cm³/mol. The molecule has 16 heavy (non-hydrogen) atoms. The maximum absolute atomic E-state index is 10.5. The first kappa shape index (κ1) is 11.9. The standard InChI is InChI=1S/C15H24O/c1-11(2)12-6-9-14(3)7-5-8-15(4,16)13(14)10-12/h10,12,16H,1,5-9H2,2-4H3/t12-,14-,15-/m1/s1. The Kier molecular flexibility index (Phi) is 2.78. The summed E-state index contributed by atoms with van der Waals surface area (Å²) in [5.74, 6) is 0.479. The van der Waals surface area contributed by atoms with Gasteiger partial charge < -0.3 is 5.11 Å². The highest BCUT2D eigenvalue weighted by Gasteiger charge is 2.45. The molecule has 0 aliphatic heterocycles. The lowest BCUT2D eigenvalue weighted by Gasteiger charge is -2.48. The van der Waals surface area contributed by atoms with Crippen molar-refractivity contribution in [2.45, 2.75) is 58.5 Å². The third-order valence-corrected chi connectivity index (χ3v) is 4.63. The fourth-order valence-corrected chi connectivity index (χ4v) is 3.53. The Morgan fingerprint density at radius 3 is 2.69 bits per heavy atom. The second kappa shape index (κ2) is 3.73. The summed E-state index contributed by atoms with van der Waals surface area (Å²) in [5.41, 5.74) is 2.18. The summed E-state index contributed by atoms with van der Waals surface area (Å²) >= 11 is 0. The van der Waals surface area contributed by atoms with Gasteiger partial charge in [-0.2, -0.15) is 0 Å². The minimum absolute atomic E-state index is 0.244. The van der Waals surface area contributed by atoms with E-state index in [0.29, 0.717) is 5.92 Å². The largest absolute Gasteiger partial charge is 0.386 e. The van der Waals surface area contributed by atoms with Crippen molar-refractivity contribution in [3.8, 4) is 0 Å². The number of fused-ring (bicyclic) bond motifs is 1. The maximum Gasteiger partial charge on any atom is 0.0834 e. The van der Waals surface area contributed by atoms with Crippen molar-refractivity contribution in [2.75, 3.05) is 0 Å². The quantitative estimate of drug-likeness (QED) is 0.666. The molecular weight excluding hydrogens is 196 g/mol. The SMILES string of the molecule is C=C(C)[C@H]1C=C2[C@](C)(CCC[C@@]2(C)O)CC1. The molecule has 0 saturated heterocycles. The molecular formula is C15H24O. The van der Waals surface area contributed by atoms with Crippen molar-refractivity contribution in [1.82, 2.24) is 0 Å². The van der Waals surface area contributed by atoms with Gasteiger partial charge in [0.05, 0.1) is 5.60 Å². The summed E-state index contributed by atoms with van der Waals surface area (Å²) in [6.45, 7) is 10.5. The van der Waals surface area contributed by atoms with E-state index in [4.69, 9.17) is 0 Å². The van der Waals surface area contributed by atoms with E-state index in [0.717, 1.165) is 12.8 Å². The second-order valence-corrected chi connectivity index (χ2v) is 6.26. The topological polar surface area (TPSA) is 20.2 Å². The fourth-order valence-electron chi connectivity index (χ4n) is 3.53. The Labute approximate surface area is 99.3 Å². The van der Waals surface area contributed by atoms with E-state index in [9.17, 15) is 5.11 Å². The molecule has 2 aliphatic rings. The van der Waals surface area contributed by atoms with Gasteiger partial charge in [-0.05, 0) is 62.9 Å². The Hall–Kier alpha value is -0.560. The highest BCUT2D eigenvalue weighted by Crippen LogP contribution is 2.52. The van der Waals surface area contributed by atoms with Gasteiger partial charge >= 0.3 is 0 Å². The van der Waals surface area contributed by atoms with Gasteiger partial charge in [-0.15, -0.1) is 0 Å². The van der Waals surface area contributed by atoms with E-state index < -0.39 is 5.60 Å². The molecule has 0 aromatic carbocycles. The Bertz CT molecular complexity index is 337. The van der Waals surface area contributed by atoms with Crippen molar-refractivity contribution in [2.24, 2.45) is 11.3 Å². The Morgan fingerprint density at radius 2 is 2.06 bits per heavy atom. The second-order valence-electron chi connectivity index (χ2n) is 6.26. The van der Waals surface area contributed by atoms with Crippen LogP contribution in [0.5, 0.6) is 0 Å². The average Bonchev–Trinajstić information content (AvgIpc) is 2.15.